The average molecular weight is 332 g/mol. The van der Waals surface area contributed by atoms with Crippen LogP contribution in [-0.2, 0) is 9.47 Å². The Balaban J connectivity index is 2.58. The van der Waals surface area contributed by atoms with Crippen molar-refractivity contribution in [3.05, 3.63) is 23.3 Å². The molecule has 1 fully saturated rings. The summed E-state index contributed by atoms with van der Waals surface area (Å²) in [4.78, 5) is 0. The molecule has 1 aliphatic heterocycles. The van der Waals surface area contributed by atoms with E-state index in [0.29, 0.717) is 6.42 Å². The van der Waals surface area contributed by atoms with Gasteiger partial charge in [0.1, 0.15) is 24.4 Å². The number of allylic oxidation sites excluding steroid dienone is 2. The van der Waals surface area contributed by atoms with Crippen molar-refractivity contribution in [2.45, 2.75) is 57.4 Å². The molecular weight excluding hydrogens is 304 g/mol. The van der Waals surface area contributed by atoms with Gasteiger partial charge < -0.3 is 35.0 Å². The number of aliphatic hydroxyl groups is 5. The van der Waals surface area contributed by atoms with Crippen LogP contribution < -0.4 is 0 Å². The molecule has 1 aliphatic rings. The van der Waals surface area contributed by atoms with Crippen LogP contribution in [0.25, 0.3) is 0 Å². The normalized spacial score (nSPS) is 32.0. The molecule has 0 aliphatic carbocycles. The lowest BCUT2D eigenvalue weighted by molar-refractivity contribution is -0.299. The monoisotopic (exact) mass is 332 g/mol. The fourth-order valence-electron chi connectivity index (χ4n) is 2.30. The van der Waals surface area contributed by atoms with Gasteiger partial charge in [-0.05, 0) is 32.3 Å². The highest BCUT2D eigenvalue weighted by atomic mass is 16.7. The van der Waals surface area contributed by atoms with E-state index in [1.165, 1.54) is 5.57 Å². The summed E-state index contributed by atoms with van der Waals surface area (Å²) in [6, 6.07) is 0. The molecule has 0 bridgehead atoms. The Labute approximate surface area is 136 Å². The number of aliphatic hydroxyl groups excluding tert-OH is 5. The van der Waals surface area contributed by atoms with Crippen LogP contribution in [0.15, 0.2) is 23.3 Å². The van der Waals surface area contributed by atoms with Crippen molar-refractivity contribution in [1.29, 1.82) is 0 Å². The van der Waals surface area contributed by atoms with Gasteiger partial charge in [0.25, 0.3) is 0 Å². The lowest BCUT2D eigenvalue weighted by atomic mass is 9.99. The Morgan fingerprint density at radius 3 is 2.30 bits per heavy atom. The largest absolute Gasteiger partial charge is 0.394 e. The van der Waals surface area contributed by atoms with Crippen molar-refractivity contribution in [2.24, 2.45) is 0 Å². The molecule has 134 valence electrons. The minimum absolute atomic E-state index is 0.111. The molecule has 5 unspecified atom stereocenters. The zero-order valence-corrected chi connectivity index (χ0v) is 13.6. The number of hydrogen-bond acceptors (Lipinski definition) is 7. The Morgan fingerprint density at radius 2 is 1.74 bits per heavy atom. The highest BCUT2D eigenvalue weighted by Crippen LogP contribution is 2.22. The molecule has 0 radical (unpaired) electrons. The smallest absolute Gasteiger partial charge is 0.187 e. The summed E-state index contributed by atoms with van der Waals surface area (Å²) in [5, 5.41) is 47.5. The molecule has 7 heteroatoms. The second-order valence-electron chi connectivity index (χ2n) is 5.87. The summed E-state index contributed by atoms with van der Waals surface area (Å²) in [5.74, 6) is 0. The predicted molar refractivity (Wildman–Crippen MR) is 83.6 cm³/mol. The van der Waals surface area contributed by atoms with Crippen molar-refractivity contribution in [3.63, 3.8) is 0 Å². The maximum atomic E-state index is 9.89. The SMILES string of the molecule is CC(C)=CCCC(=CCO)COC1OC(CO)C(O)C(O)C1O. The zero-order valence-electron chi connectivity index (χ0n) is 13.6. The molecule has 0 aromatic rings. The third-order valence-electron chi connectivity index (χ3n) is 3.68. The van der Waals surface area contributed by atoms with E-state index in [1.54, 1.807) is 6.08 Å². The third kappa shape index (κ3) is 6.31. The van der Waals surface area contributed by atoms with Crippen LogP contribution in [0.1, 0.15) is 26.7 Å². The first-order chi connectivity index (χ1) is 10.9. The maximum Gasteiger partial charge on any atom is 0.187 e. The van der Waals surface area contributed by atoms with Gasteiger partial charge >= 0.3 is 0 Å². The van der Waals surface area contributed by atoms with Crippen LogP contribution in [0.3, 0.4) is 0 Å². The van der Waals surface area contributed by atoms with Crippen LogP contribution in [0.5, 0.6) is 0 Å². The van der Waals surface area contributed by atoms with E-state index >= 15 is 0 Å². The fourth-order valence-corrected chi connectivity index (χ4v) is 2.30. The summed E-state index contributed by atoms with van der Waals surface area (Å²) in [5.41, 5.74) is 2.03. The number of rotatable bonds is 8. The van der Waals surface area contributed by atoms with E-state index in [1.807, 2.05) is 13.8 Å². The molecule has 7 nitrogen and oxygen atoms in total. The lowest BCUT2D eigenvalue weighted by Gasteiger charge is -2.39. The van der Waals surface area contributed by atoms with Crippen molar-refractivity contribution in [3.8, 4) is 0 Å². The number of hydrogen-bond donors (Lipinski definition) is 5. The first-order valence-corrected chi connectivity index (χ1v) is 7.75. The van der Waals surface area contributed by atoms with Crippen molar-refractivity contribution in [2.75, 3.05) is 19.8 Å². The molecule has 5 atom stereocenters. The van der Waals surface area contributed by atoms with Crippen molar-refractivity contribution >= 4 is 0 Å². The highest BCUT2D eigenvalue weighted by molar-refractivity contribution is 5.06. The molecule has 0 aromatic carbocycles. The summed E-state index contributed by atoms with van der Waals surface area (Å²) in [6.07, 6.45) is -1.25. The minimum Gasteiger partial charge on any atom is -0.394 e. The van der Waals surface area contributed by atoms with Crippen LogP contribution in [0.2, 0.25) is 0 Å². The maximum absolute atomic E-state index is 9.89. The molecule has 5 N–H and O–H groups in total. The molecule has 0 aromatic heterocycles. The fraction of sp³-hybridized carbons (Fsp3) is 0.750. The minimum atomic E-state index is -1.46. The van der Waals surface area contributed by atoms with Gasteiger partial charge in [0, 0.05) is 0 Å². The first-order valence-electron chi connectivity index (χ1n) is 7.75. The van der Waals surface area contributed by atoms with E-state index in [-0.39, 0.29) is 13.2 Å². The summed E-state index contributed by atoms with van der Waals surface area (Å²) in [6.45, 7) is 3.49. The lowest BCUT2D eigenvalue weighted by Crippen LogP contribution is -2.59. The molecule has 0 spiro atoms. The second-order valence-corrected chi connectivity index (χ2v) is 5.87. The Kier molecular flexibility index (Phi) is 8.93. The molecule has 0 amide bonds. The topological polar surface area (TPSA) is 120 Å². The summed E-state index contributed by atoms with van der Waals surface area (Å²) in [7, 11) is 0. The predicted octanol–water partition coefficient (Wildman–Crippen LogP) is -0.532. The van der Waals surface area contributed by atoms with Gasteiger partial charge in [-0.2, -0.15) is 0 Å². The van der Waals surface area contributed by atoms with E-state index in [2.05, 4.69) is 6.08 Å². The van der Waals surface area contributed by atoms with E-state index in [9.17, 15) is 15.3 Å². The van der Waals surface area contributed by atoms with E-state index < -0.39 is 37.3 Å². The molecule has 1 saturated heterocycles. The molecule has 0 saturated carbocycles. The zero-order chi connectivity index (χ0) is 17.4. The average Bonchev–Trinajstić information content (AvgIpc) is 2.51. The van der Waals surface area contributed by atoms with E-state index in [4.69, 9.17) is 19.7 Å². The summed E-state index contributed by atoms with van der Waals surface area (Å²) < 4.78 is 10.7. The number of ether oxygens (including phenoxy) is 2. The summed E-state index contributed by atoms with van der Waals surface area (Å²) >= 11 is 0. The van der Waals surface area contributed by atoms with Crippen molar-refractivity contribution < 1.29 is 35.0 Å². The van der Waals surface area contributed by atoms with Gasteiger partial charge in [-0.1, -0.05) is 17.7 Å². The van der Waals surface area contributed by atoms with Crippen LogP contribution in [0.4, 0.5) is 0 Å². The van der Waals surface area contributed by atoms with Crippen LogP contribution >= 0.6 is 0 Å². The third-order valence-corrected chi connectivity index (χ3v) is 3.68. The molecule has 1 heterocycles. The van der Waals surface area contributed by atoms with Crippen LogP contribution in [0, 0.1) is 0 Å². The van der Waals surface area contributed by atoms with Gasteiger partial charge in [0.2, 0.25) is 0 Å². The molecular formula is C16H28O7. The van der Waals surface area contributed by atoms with Crippen molar-refractivity contribution in [1.82, 2.24) is 0 Å². The van der Waals surface area contributed by atoms with Crippen LogP contribution in [-0.4, -0.2) is 76.1 Å². The molecule has 1 rings (SSSR count). The van der Waals surface area contributed by atoms with Gasteiger partial charge in [-0.15, -0.1) is 0 Å². The Morgan fingerprint density at radius 1 is 1.04 bits per heavy atom. The Hall–Kier alpha value is -0.800. The second kappa shape index (κ2) is 10.1. The van der Waals surface area contributed by atoms with E-state index in [0.717, 1.165) is 12.0 Å². The highest BCUT2D eigenvalue weighted by Gasteiger charge is 2.43. The quantitative estimate of drug-likeness (QED) is 0.379. The molecule has 23 heavy (non-hydrogen) atoms. The van der Waals surface area contributed by atoms with Gasteiger partial charge in [-0.25, -0.2) is 0 Å². The van der Waals surface area contributed by atoms with Gasteiger partial charge in [0.15, 0.2) is 6.29 Å². The Bertz CT molecular complexity index is 401. The standard InChI is InChI=1S/C16H28O7/c1-10(2)4-3-5-11(6-7-17)9-22-16-15(21)14(20)13(19)12(8-18)23-16/h4,6,12-21H,3,5,7-9H2,1-2H3. The van der Waals surface area contributed by atoms with Gasteiger partial charge in [0.05, 0.1) is 19.8 Å². The first kappa shape index (κ1) is 20.2. The van der Waals surface area contributed by atoms with Gasteiger partial charge in [-0.3, -0.25) is 0 Å².